The molecular formula is C22H22N4O3. The number of hydroxylamine groups is 2. The number of carbonyl (C=O) groups excluding carboxylic acids is 2. The van der Waals surface area contributed by atoms with Gasteiger partial charge >= 0.3 is 6.03 Å². The summed E-state index contributed by atoms with van der Waals surface area (Å²) in [5, 5.41) is 13.9. The van der Waals surface area contributed by atoms with E-state index in [2.05, 4.69) is 28.2 Å². The van der Waals surface area contributed by atoms with Crippen molar-refractivity contribution < 1.29 is 14.8 Å². The standard InChI is InChI=1S/C22H22N4O3/c1-15(26(29)22(23)28)9-10-16-5-4-6-17(13-16)21(27)24-12-11-18-14-25-20-8-3-2-7-19(18)20/h2-8,13-15,25,29H,11-12H2,1H3,(H2,23,28)(H,24,27). The molecule has 0 aliphatic heterocycles. The van der Waals surface area contributed by atoms with Crippen molar-refractivity contribution in [2.45, 2.75) is 19.4 Å². The summed E-state index contributed by atoms with van der Waals surface area (Å²) >= 11 is 0. The Kier molecular flexibility index (Phi) is 6.17. The lowest BCUT2D eigenvalue weighted by molar-refractivity contribution is -0.0536. The van der Waals surface area contributed by atoms with Crippen molar-refractivity contribution in [3.8, 4) is 11.8 Å². The second-order valence-corrected chi connectivity index (χ2v) is 6.57. The van der Waals surface area contributed by atoms with Crippen LogP contribution in [0, 0.1) is 11.8 Å². The number of hydrogen-bond acceptors (Lipinski definition) is 3. The molecule has 0 saturated heterocycles. The van der Waals surface area contributed by atoms with Crippen LogP contribution in [-0.4, -0.2) is 39.8 Å². The molecule has 0 aliphatic rings. The smallest absolute Gasteiger partial charge is 0.339 e. The summed E-state index contributed by atoms with van der Waals surface area (Å²) in [6, 6.07) is 13.1. The predicted molar refractivity (Wildman–Crippen MR) is 110 cm³/mol. The number of hydrogen-bond donors (Lipinski definition) is 4. The van der Waals surface area contributed by atoms with Crippen molar-refractivity contribution in [1.29, 1.82) is 0 Å². The molecule has 3 aromatic rings. The first-order valence-electron chi connectivity index (χ1n) is 9.18. The Hall–Kier alpha value is -3.76. The van der Waals surface area contributed by atoms with Gasteiger partial charge in [0, 0.05) is 34.8 Å². The molecule has 0 radical (unpaired) electrons. The minimum atomic E-state index is -0.977. The number of aromatic nitrogens is 1. The van der Waals surface area contributed by atoms with Gasteiger partial charge in [0.25, 0.3) is 5.91 Å². The van der Waals surface area contributed by atoms with E-state index in [-0.39, 0.29) is 5.91 Å². The fraction of sp³-hybridized carbons (Fsp3) is 0.182. The third kappa shape index (κ3) is 4.94. The molecule has 0 aliphatic carbocycles. The number of para-hydroxylation sites is 1. The van der Waals surface area contributed by atoms with Gasteiger partial charge < -0.3 is 16.0 Å². The second kappa shape index (κ2) is 8.95. The van der Waals surface area contributed by atoms with Crippen LogP contribution in [0.5, 0.6) is 0 Å². The number of aromatic amines is 1. The molecule has 3 amide bonds. The van der Waals surface area contributed by atoms with Crippen molar-refractivity contribution in [2.24, 2.45) is 5.73 Å². The number of urea groups is 1. The Labute approximate surface area is 168 Å². The van der Waals surface area contributed by atoms with E-state index in [0.29, 0.717) is 29.2 Å². The molecule has 2 aromatic carbocycles. The van der Waals surface area contributed by atoms with Crippen LogP contribution >= 0.6 is 0 Å². The number of nitrogens with one attached hydrogen (secondary N) is 2. The molecule has 0 spiro atoms. The molecule has 7 nitrogen and oxygen atoms in total. The molecule has 1 atom stereocenters. The maximum atomic E-state index is 12.4. The van der Waals surface area contributed by atoms with E-state index in [0.717, 1.165) is 16.5 Å². The molecule has 0 bridgehead atoms. The van der Waals surface area contributed by atoms with Crippen molar-refractivity contribution in [1.82, 2.24) is 15.4 Å². The van der Waals surface area contributed by atoms with Crippen LogP contribution in [0.2, 0.25) is 0 Å². The first-order chi connectivity index (χ1) is 14.0. The van der Waals surface area contributed by atoms with E-state index in [4.69, 9.17) is 5.73 Å². The lowest BCUT2D eigenvalue weighted by Gasteiger charge is -2.14. The van der Waals surface area contributed by atoms with Gasteiger partial charge in [-0.25, -0.2) is 4.79 Å². The third-order valence-corrected chi connectivity index (χ3v) is 4.50. The van der Waals surface area contributed by atoms with E-state index >= 15 is 0 Å². The molecule has 1 heterocycles. The number of H-pyrrole nitrogens is 1. The van der Waals surface area contributed by atoms with Gasteiger partial charge in [-0.3, -0.25) is 10.0 Å². The highest BCUT2D eigenvalue weighted by Gasteiger charge is 2.12. The monoisotopic (exact) mass is 390 g/mol. The van der Waals surface area contributed by atoms with Crippen LogP contribution in [0.3, 0.4) is 0 Å². The summed E-state index contributed by atoms with van der Waals surface area (Å²) in [6.07, 6.45) is 2.68. The highest BCUT2D eigenvalue weighted by Crippen LogP contribution is 2.17. The number of benzene rings is 2. The molecule has 7 heteroatoms. The molecule has 29 heavy (non-hydrogen) atoms. The zero-order valence-electron chi connectivity index (χ0n) is 16.0. The SMILES string of the molecule is CC(C#Cc1cccc(C(=O)NCCc2c[nH]c3ccccc23)c1)N(O)C(N)=O. The van der Waals surface area contributed by atoms with Crippen LogP contribution in [0.15, 0.2) is 54.7 Å². The quantitative estimate of drug-likeness (QED) is 0.305. The first-order valence-corrected chi connectivity index (χ1v) is 9.18. The summed E-state index contributed by atoms with van der Waals surface area (Å²) in [7, 11) is 0. The maximum Gasteiger partial charge on any atom is 0.339 e. The Balaban J connectivity index is 1.60. The number of nitrogens with two attached hydrogens (primary N) is 1. The predicted octanol–water partition coefficient (Wildman–Crippen LogP) is 2.65. The van der Waals surface area contributed by atoms with Gasteiger partial charge in [0.2, 0.25) is 0 Å². The fourth-order valence-electron chi connectivity index (χ4n) is 2.93. The molecular weight excluding hydrogens is 368 g/mol. The molecule has 3 rings (SSSR count). The zero-order chi connectivity index (χ0) is 20.8. The molecule has 1 unspecified atom stereocenters. The molecule has 0 saturated carbocycles. The number of rotatable bonds is 5. The number of nitrogens with zero attached hydrogens (tertiary/aromatic N) is 1. The van der Waals surface area contributed by atoms with Crippen molar-refractivity contribution in [2.75, 3.05) is 6.54 Å². The van der Waals surface area contributed by atoms with E-state index < -0.39 is 12.1 Å². The number of carbonyl (C=O) groups is 2. The van der Waals surface area contributed by atoms with Crippen LogP contribution in [0.25, 0.3) is 10.9 Å². The zero-order valence-corrected chi connectivity index (χ0v) is 16.0. The fourth-order valence-corrected chi connectivity index (χ4v) is 2.93. The third-order valence-electron chi connectivity index (χ3n) is 4.50. The molecule has 1 aromatic heterocycles. The Morgan fingerprint density at radius 2 is 2.03 bits per heavy atom. The number of fused-ring (bicyclic) bond motifs is 1. The number of amides is 3. The van der Waals surface area contributed by atoms with E-state index in [1.807, 2.05) is 24.4 Å². The van der Waals surface area contributed by atoms with Gasteiger partial charge in [0.1, 0.15) is 6.04 Å². The first kappa shape index (κ1) is 20.0. The highest BCUT2D eigenvalue weighted by atomic mass is 16.5. The van der Waals surface area contributed by atoms with Gasteiger partial charge in [0.05, 0.1) is 0 Å². The van der Waals surface area contributed by atoms with Crippen LogP contribution < -0.4 is 11.1 Å². The minimum absolute atomic E-state index is 0.192. The Morgan fingerprint density at radius 3 is 2.83 bits per heavy atom. The lowest BCUT2D eigenvalue weighted by atomic mass is 10.1. The van der Waals surface area contributed by atoms with Gasteiger partial charge in [-0.05, 0) is 43.2 Å². The van der Waals surface area contributed by atoms with Crippen molar-refractivity contribution in [3.63, 3.8) is 0 Å². The Bertz CT molecular complexity index is 1090. The average molecular weight is 390 g/mol. The maximum absolute atomic E-state index is 12.4. The molecule has 148 valence electrons. The van der Waals surface area contributed by atoms with E-state index in [1.165, 1.54) is 0 Å². The lowest BCUT2D eigenvalue weighted by Crippen LogP contribution is -2.38. The minimum Gasteiger partial charge on any atom is -0.361 e. The van der Waals surface area contributed by atoms with Gasteiger partial charge in [-0.1, -0.05) is 36.1 Å². The summed E-state index contributed by atoms with van der Waals surface area (Å²) in [5.74, 6) is 5.35. The largest absolute Gasteiger partial charge is 0.361 e. The van der Waals surface area contributed by atoms with Crippen LogP contribution in [0.1, 0.15) is 28.4 Å². The normalized spacial score (nSPS) is 11.4. The van der Waals surface area contributed by atoms with Gasteiger partial charge in [-0.15, -0.1) is 0 Å². The van der Waals surface area contributed by atoms with Crippen LogP contribution in [0.4, 0.5) is 4.79 Å². The molecule has 5 N–H and O–H groups in total. The summed E-state index contributed by atoms with van der Waals surface area (Å²) in [6.45, 7) is 2.05. The van der Waals surface area contributed by atoms with E-state index in [1.54, 1.807) is 31.2 Å². The van der Waals surface area contributed by atoms with Crippen molar-refractivity contribution in [3.05, 3.63) is 71.4 Å². The Morgan fingerprint density at radius 1 is 1.24 bits per heavy atom. The summed E-state index contributed by atoms with van der Waals surface area (Å²) in [4.78, 5) is 26.6. The van der Waals surface area contributed by atoms with Gasteiger partial charge in [0.15, 0.2) is 0 Å². The molecule has 0 fully saturated rings. The van der Waals surface area contributed by atoms with Crippen LogP contribution in [-0.2, 0) is 6.42 Å². The summed E-state index contributed by atoms with van der Waals surface area (Å²) < 4.78 is 0. The second-order valence-electron chi connectivity index (χ2n) is 6.57. The number of primary amides is 1. The topological polar surface area (TPSA) is 111 Å². The summed E-state index contributed by atoms with van der Waals surface area (Å²) in [5.41, 5.74) is 8.30. The van der Waals surface area contributed by atoms with E-state index in [9.17, 15) is 14.8 Å². The van der Waals surface area contributed by atoms with Crippen molar-refractivity contribution >= 4 is 22.8 Å². The average Bonchev–Trinajstić information content (AvgIpc) is 3.14. The highest BCUT2D eigenvalue weighted by molar-refractivity contribution is 5.94. The van der Waals surface area contributed by atoms with Gasteiger partial charge in [-0.2, -0.15) is 5.06 Å².